The van der Waals surface area contributed by atoms with E-state index >= 15 is 0 Å². The normalized spacial score (nSPS) is 12.1. The summed E-state index contributed by atoms with van der Waals surface area (Å²) in [4.78, 5) is 10.5. The van der Waals surface area contributed by atoms with Gasteiger partial charge in [0.1, 0.15) is 5.52 Å². The minimum absolute atomic E-state index is 0.810. The van der Waals surface area contributed by atoms with Crippen molar-refractivity contribution < 1.29 is 0 Å². The van der Waals surface area contributed by atoms with E-state index in [1.807, 2.05) is 6.20 Å². The predicted molar refractivity (Wildman–Crippen MR) is 183 cm³/mol. The molecule has 0 fully saturated rings. The SMILES string of the molecule is c1ccc2cc(-n3c4ccccc4c4nc(-n5c6cc7ccccc7cc6c6cc7ccccc7cc65)cnc43)ccc2c1. The minimum atomic E-state index is 0.810. The molecule has 44 heavy (non-hydrogen) atoms. The van der Waals surface area contributed by atoms with Gasteiger partial charge in [0.2, 0.25) is 0 Å². The summed E-state index contributed by atoms with van der Waals surface area (Å²) < 4.78 is 4.53. The first-order valence-electron chi connectivity index (χ1n) is 14.9. The van der Waals surface area contributed by atoms with Crippen molar-refractivity contribution in [3.8, 4) is 11.5 Å². The van der Waals surface area contributed by atoms with Gasteiger partial charge in [-0.05, 0) is 74.8 Å². The highest BCUT2D eigenvalue weighted by molar-refractivity contribution is 6.17. The van der Waals surface area contributed by atoms with Crippen LogP contribution in [0.1, 0.15) is 0 Å². The quantitative estimate of drug-likeness (QED) is 0.211. The van der Waals surface area contributed by atoms with Crippen LogP contribution in [0.15, 0.2) is 146 Å². The van der Waals surface area contributed by atoms with Gasteiger partial charge in [0, 0.05) is 21.8 Å². The van der Waals surface area contributed by atoms with Crippen molar-refractivity contribution in [2.75, 3.05) is 0 Å². The van der Waals surface area contributed by atoms with E-state index in [2.05, 4.69) is 149 Å². The number of aromatic nitrogens is 4. The highest BCUT2D eigenvalue weighted by Gasteiger charge is 2.19. The Kier molecular flexibility index (Phi) is 4.69. The Morgan fingerprint density at radius 1 is 0.409 bits per heavy atom. The molecule has 0 bridgehead atoms. The van der Waals surface area contributed by atoms with Gasteiger partial charge in [-0.1, -0.05) is 97.1 Å². The molecular formula is C40H24N4. The van der Waals surface area contributed by atoms with Crippen LogP contribution in [0.5, 0.6) is 0 Å². The lowest BCUT2D eigenvalue weighted by Crippen LogP contribution is -2.01. The average molecular weight is 561 g/mol. The minimum Gasteiger partial charge on any atom is -0.293 e. The van der Waals surface area contributed by atoms with E-state index < -0.39 is 0 Å². The summed E-state index contributed by atoms with van der Waals surface area (Å²) in [5.74, 6) is 0.810. The van der Waals surface area contributed by atoms with Crippen LogP contribution in [0, 0.1) is 0 Å². The molecule has 0 atom stereocenters. The second-order valence-electron chi connectivity index (χ2n) is 11.6. The molecule has 4 heteroatoms. The van der Waals surface area contributed by atoms with E-state index in [-0.39, 0.29) is 0 Å². The Labute approximate surface area is 252 Å². The van der Waals surface area contributed by atoms with Crippen molar-refractivity contribution in [1.29, 1.82) is 0 Å². The molecule has 0 aliphatic carbocycles. The molecule has 0 aliphatic rings. The number of hydrogen-bond acceptors (Lipinski definition) is 2. The Balaban J connectivity index is 1.30. The van der Waals surface area contributed by atoms with Gasteiger partial charge in [-0.25, -0.2) is 9.97 Å². The average Bonchev–Trinajstić information content (AvgIpc) is 3.57. The van der Waals surface area contributed by atoms with E-state index in [4.69, 9.17) is 9.97 Å². The van der Waals surface area contributed by atoms with Crippen LogP contribution in [0.3, 0.4) is 0 Å². The predicted octanol–water partition coefficient (Wildman–Crippen LogP) is 10.1. The Hall–Kier alpha value is -6.00. The second-order valence-corrected chi connectivity index (χ2v) is 11.6. The van der Waals surface area contributed by atoms with E-state index in [1.54, 1.807) is 0 Å². The van der Waals surface area contributed by atoms with Crippen molar-refractivity contribution in [2.24, 2.45) is 0 Å². The molecule has 7 aromatic carbocycles. The standard InChI is InChI=1S/C40H24N4/c1-2-10-26-19-31(18-17-25(26)9-1)43-35-16-8-7-15-32(35)39-40(43)41-24-38(42-39)44-36-22-29-13-5-3-11-27(29)20-33(36)34-21-28-12-4-6-14-30(28)23-37(34)44/h1-24H. The molecule has 0 amide bonds. The maximum absolute atomic E-state index is 5.39. The fraction of sp³-hybridized carbons (Fsp3) is 0. The van der Waals surface area contributed by atoms with Crippen LogP contribution in [0.2, 0.25) is 0 Å². The van der Waals surface area contributed by atoms with Gasteiger partial charge in [0.15, 0.2) is 11.5 Å². The number of rotatable bonds is 2. The summed E-state index contributed by atoms with van der Waals surface area (Å²) in [5.41, 5.74) is 6.16. The maximum atomic E-state index is 5.39. The third kappa shape index (κ3) is 3.28. The van der Waals surface area contributed by atoms with Gasteiger partial charge >= 0.3 is 0 Å². The van der Waals surface area contributed by atoms with Gasteiger partial charge in [0.05, 0.1) is 22.7 Å². The van der Waals surface area contributed by atoms with Gasteiger partial charge in [-0.2, -0.15) is 0 Å². The van der Waals surface area contributed by atoms with Crippen LogP contribution >= 0.6 is 0 Å². The van der Waals surface area contributed by atoms with Gasteiger partial charge < -0.3 is 0 Å². The van der Waals surface area contributed by atoms with Crippen LogP contribution in [0.4, 0.5) is 0 Å². The molecule has 3 heterocycles. The smallest absolute Gasteiger partial charge is 0.164 e. The van der Waals surface area contributed by atoms with Crippen LogP contribution < -0.4 is 0 Å². The highest BCUT2D eigenvalue weighted by Crippen LogP contribution is 2.38. The Morgan fingerprint density at radius 3 is 1.61 bits per heavy atom. The second kappa shape index (κ2) is 8.76. The maximum Gasteiger partial charge on any atom is 0.164 e. The van der Waals surface area contributed by atoms with Crippen molar-refractivity contribution >= 4 is 76.2 Å². The zero-order valence-electron chi connectivity index (χ0n) is 23.6. The molecule has 3 aromatic heterocycles. The largest absolute Gasteiger partial charge is 0.293 e. The summed E-state index contributed by atoms with van der Waals surface area (Å²) in [6.45, 7) is 0. The summed E-state index contributed by atoms with van der Waals surface area (Å²) in [6.07, 6.45) is 1.93. The van der Waals surface area contributed by atoms with Gasteiger partial charge in [0.25, 0.3) is 0 Å². The molecule has 0 aliphatic heterocycles. The van der Waals surface area contributed by atoms with E-state index in [0.29, 0.717) is 0 Å². The number of hydrogen-bond donors (Lipinski definition) is 0. The summed E-state index contributed by atoms with van der Waals surface area (Å²) >= 11 is 0. The third-order valence-electron chi connectivity index (χ3n) is 9.07. The summed E-state index contributed by atoms with van der Waals surface area (Å²) in [7, 11) is 0. The molecule has 4 nitrogen and oxygen atoms in total. The molecule has 204 valence electrons. The monoisotopic (exact) mass is 560 g/mol. The summed E-state index contributed by atoms with van der Waals surface area (Å²) in [6, 6.07) is 49.9. The molecule has 10 aromatic rings. The number of fused-ring (bicyclic) bond motifs is 9. The van der Waals surface area contributed by atoms with Crippen molar-refractivity contribution in [1.82, 2.24) is 19.1 Å². The highest BCUT2D eigenvalue weighted by atomic mass is 15.1. The number of para-hydroxylation sites is 1. The summed E-state index contributed by atoms with van der Waals surface area (Å²) in [5, 5.41) is 10.8. The topological polar surface area (TPSA) is 35.6 Å². The molecule has 0 spiro atoms. The fourth-order valence-corrected chi connectivity index (χ4v) is 7.02. The molecule has 10 rings (SSSR count). The molecule has 0 radical (unpaired) electrons. The van der Waals surface area contributed by atoms with E-state index in [0.717, 1.165) is 44.6 Å². The lowest BCUT2D eigenvalue weighted by atomic mass is 10.0. The zero-order chi connectivity index (χ0) is 28.8. The molecular weight excluding hydrogens is 536 g/mol. The van der Waals surface area contributed by atoms with E-state index in [9.17, 15) is 0 Å². The molecule has 0 saturated carbocycles. The van der Waals surface area contributed by atoms with Crippen LogP contribution in [-0.2, 0) is 0 Å². The fourth-order valence-electron chi connectivity index (χ4n) is 7.02. The molecule has 0 N–H and O–H groups in total. The zero-order valence-corrected chi connectivity index (χ0v) is 23.6. The van der Waals surface area contributed by atoms with Gasteiger partial charge in [-0.15, -0.1) is 0 Å². The van der Waals surface area contributed by atoms with Crippen LogP contribution in [-0.4, -0.2) is 19.1 Å². The Morgan fingerprint density at radius 2 is 0.955 bits per heavy atom. The van der Waals surface area contributed by atoms with Crippen molar-refractivity contribution in [3.05, 3.63) is 146 Å². The first-order chi connectivity index (χ1) is 21.8. The van der Waals surface area contributed by atoms with E-state index in [1.165, 1.54) is 43.1 Å². The van der Waals surface area contributed by atoms with Crippen molar-refractivity contribution in [3.63, 3.8) is 0 Å². The first-order valence-corrected chi connectivity index (χ1v) is 14.9. The van der Waals surface area contributed by atoms with Crippen molar-refractivity contribution in [2.45, 2.75) is 0 Å². The van der Waals surface area contributed by atoms with Crippen LogP contribution in [0.25, 0.3) is 87.7 Å². The van der Waals surface area contributed by atoms with Gasteiger partial charge in [-0.3, -0.25) is 9.13 Å². The number of nitrogens with zero attached hydrogens (tertiary/aromatic N) is 4. The molecule has 0 saturated heterocycles. The Bertz CT molecular complexity index is 2690. The first kappa shape index (κ1) is 23.6. The lowest BCUT2D eigenvalue weighted by Gasteiger charge is -2.10. The molecule has 0 unspecified atom stereocenters. The lowest BCUT2D eigenvalue weighted by molar-refractivity contribution is 1.06. The number of benzene rings is 7. The third-order valence-corrected chi connectivity index (χ3v) is 9.07.